The van der Waals surface area contributed by atoms with E-state index in [4.69, 9.17) is 32.7 Å². The normalized spacial score (nSPS) is 15.8. The van der Waals surface area contributed by atoms with Crippen molar-refractivity contribution >= 4 is 39.5 Å². The topological polar surface area (TPSA) is 121 Å². The molecule has 0 heterocycles. The van der Waals surface area contributed by atoms with Gasteiger partial charge in [-0.2, -0.15) is 0 Å². The third-order valence-corrected chi connectivity index (χ3v) is 1.67. The van der Waals surface area contributed by atoms with Gasteiger partial charge in [-0.15, -0.1) is 0 Å². The summed E-state index contributed by atoms with van der Waals surface area (Å²) in [7, 11) is 0. The summed E-state index contributed by atoms with van der Waals surface area (Å²) in [5, 5.41) is 24.5. The van der Waals surface area contributed by atoms with Crippen molar-refractivity contribution < 1.29 is 24.9 Å². The van der Waals surface area contributed by atoms with Crippen molar-refractivity contribution in [3.8, 4) is 0 Å². The molecule has 5 N–H and O–H groups in total. The van der Waals surface area contributed by atoms with E-state index in [0.717, 1.165) is 0 Å². The first-order valence-electron chi connectivity index (χ1n) is 3.40. The van der Waals surface area contributed by atoms with E-state index in [1.807, 2.05) is 0 Å². The summed E-state index contributed by atoms with van der Waals surface area (Å²) < 4.78 is -0.947. The van der Waals surface area contributed by atoms with Gasteiger partial charge in [0, 0.05) is 0 Å². The number of alkyl halides is 2. The molecule has 0 aliphatic rings. The number of hydrogen-bond donors (Lipinski definition) is 4. The van der Waals surface area contributed by atoms with Gasteiger partial charge in [0.25, 0.3) is 0 Å². The van der Waals surface area contributed by atoms with Crippen LogP contribution in [-0.2, 0) is 9.59 Å². The molecule has 0 radical (unpaired) electrons. The Kier molecular flexibility index (Phi) is 8.03. The summed E-state index contributed by atoms with van der Waals surface area (Å²) >= 11 is 7.53. The van der Waals surface area contributed by atoms with Crippen LogP contribution in [0.2, 0.25) is 0 Å². The Hall–Kier alpha value is -0.370. The van der Waals surface area contributed by atoms with Gasteiger partial charge in [-0.3, -0.25) is 5.73 Å². The smallest absolute Gasteiger partial charge is 0.350 e. The van der Waals surface area contributed by atoms with Gasteiger partial charge in [-0.05, 0) is 6.42 Å². The van der Waals surface area contributed by atoms with Crippen LogP contribution in [-0.4, -0.2) is 37.3 Å². The fourth-order valence-corrected chi connectivity index (χ4v) is 0.151. The van der Waals surface area contributed by atoms with E-state index >= 15 is 0 Å². The number of carboxylic acids is 2. The minimum atomic E-state index is -2.04. The van der Waals surface area contributed by atoms with Crippen LogP contribution in [0.15, 0.2) is 0 Å². The predicted molar refractivity (Wildman–Crippen MR) is 53.3 cm³/mol. The zero-order valence-corrected chi connectivity index (χ0v) is 9.62. The average molecular weight is 293 g/mol. The first-order chi connectivity index (χ1) is 6.15. The number of nitrogens with two attached hydrogens (primary N) is 1. The largest absolute Gasteiger partial charge is 0.480 e. The van der Waals surface area contributed by atoms with Crippen molar-refractivity contribution in [2.75, 3.05) is 0 Å². The summed E-state index contributed by atoms with van der Waals surface area (Å²) in [6.07, 6.45) is 0.0162. The quantitative estimate of drug-likeness (QED) is 0.434. The number of carbonyl (C=O) groups is 2. The van der Waals surface area contributed by atoms with Crippen molar-refractivity contribution in [2.45, 2.75) is 23.4 Å². The van der Waals surface area contributed by atoms with Crippen LogP contribution in [0.1, 0.15) is 13.3 Å². The lowest BCUT2D eigenvalue weighted by molar-refractivity contribution is -0.158. The van der Waals surface area contributed by atoms with E-state index in [1.165, 1.54) is 6.92 Å². The van der Waals surface area contributed by atoms with Gasteiger partial charge in [0.2, 0.25) is 5.72 Å². The van der Waals surface area contributed by atoms with Gasteiger partial charge in [0.15, 0.2) is 4.29 Å². The second kappa shape index (κ2) is 6.99. The Morgan fingerprint density at radius 1 is 1.57 bits per heavy atom. The molecule has 8 heteroatoms. The number of halogens is 2. The highest BCUT2D eigenvalue weighted by atomic mass is 79.9. The fourth-order valence-electron chi connectivity index (χ4n) is 0.151. The average Bonchev–Trinajstić information content (AvgIpc) is 2.05. The van der Waals surface area contributed by atoms with Gasteiger partial charge in [-0.25, -0.2) is 9.59 Å². The summed E-state index contributed by atoms with van der Waals surface area (Å²) in [6.45, 7) is 1.49. The van der Waals surface area contributed by atoms with Crippen molar-refractivity contribution in [2.24, 2.45) is 5.73 Å². The number of rotatable bonds is 3. The Morgan fingerprint density at radius 2 is 1.86 bits per heavy atom. The highest BCUT2D eigenvalue weighted by molar-refractivity contribution is 9.10. The van der Waals surface area contributed by atoms with E-state index in [9.17, 15) is 9.59 Å². The maximum atomic E-state index is 9.88. The molecule has 0 bridgehead atoms. The zero-order chi connectivity index (χ0) is 11.9. The lowest BCUT2D eigenvalue weighted by Crippen LogP contribution is -2.46. The number of aliphatic carboxylic acids is 2. The summed E-state index contributed by atoms with van der Waals surface area (Å²) in [5.41, 5.74) is 2.77. The van der Waals surface area contributed by atoms with E-state index in [-0.39, 0.29) is 6.42 Å². The van der Waals surface area contributed by atoms with E-state index in [1.54, 1.807) is 0 Å². The van der Waals surface area contributed by atoms with Crippen LogP contribution in [0.25, 0.3) is 0 Å². The molecule has 0 saturated carbocycles. The minimum Gasteiger partial charge on any atom is -0.480 e. The Bertz CT molecular complexity index is 208. The fraction of sp³-hybridized carbons (Fsp3) is 0.667. The van der Waals surface area contributed by atoms with Crippen molar-refractivity contribution in [3.05, 3.63) is 0 Å². The molecule has 0 amide bonds. The monoisotopic (exact) mass is 291 g/mol. The standard InChI is InChI=1S/C4H9NO3.C2H2BrClO2/c1-2-4(5,8)3(6)7;3-1(4)2(5)6/h8H,2,5H2,1H3,(H,6,7);1H,(H,5,6). The van der Waals surface area contributed by atoms with Crippen molar-refractivity contribution in [1.29, 1.82) is 0 Å². The van der Waals surface area contributed by atoms with Gasteiger partial charge < -0.3 is 15.3 Å². The highest BCUT2D eigenvalue weighted by Crippen LogP contribution is 2.02. The number of carboxylic acid groups (broad SMARTS) is 2. The molecule has 0 saturated heterocycles. The third kappa shape index (κ3) is 8.24. The maximum Gasteiger partial charge on any atom is 0.350 e. The zero-order valence-electron chi connectivity index (χ0n) is 7.28. The maximum absolute atomic E-state index is 9.88. The molecule has 0 fully saturated rings. The first kappa shape index (κ1) is 16.1. The molecule has 0 aromatic heterocycles. The Balaban J connectivity index is 0. The van der Waals surface area contributed by atoms with Crippen molar-refractivity contribution in [3.63, 3.8) is 0 Å². The molecule has 2 atom stereocenters. The molecule has 14 heavy (non-hydrogen) atoms. The first-order valence-corrected chi connectivity index (χ1v) is 4.76. The van der Waals surface area contributed by atoms with Crippen LogP contribution in [0.4, 0.5) is 0 Å². The van der Waals surface area contributed by atoms with Crippen molar-refractivity contribution in [1.82, 2.24) is 0 Å². The van der Waals surface area contributed by atoms with Crippen LogP contribution in [0.3, 0.4) is 0 Å². The Labute approximate surface area is 93.8 Å². The van der Waals surface area contributed by atoms with Gasteiger partial charge in [0.1, 0.15) is 0 Å². The molecular weight excluding hydrogens is 281 g/mol. The number of hydrogen-bond acceptors (Lipinski definition) is 4. The number of aliphatic hydroxyl groups is 1. The lowest BCUT2D eigenvalue weighted by atomic mass is 10.2. The molecule has 0 aromatic carbocycles. The van der Waals surface area contributed by atoms with Crippen LogP contribution < -0.4 is 5.73 Å². The molecule has 0 aliphatic heterocycles. The van der Waals surface area contributed by atoms with Crippen LogP contribution in [0, 0.1) is 0 Å². The summed E-state index contributed by atoms with van der Waals surface area (Å²) in [5.74, 6) is -2.45. The SMILES string of the molecule is CCC(N)(O)C(=O)O.O=C(O)C(Cl)Br. The molecule has 2 unspecified atom stereocenters. The van der Waals surface area contributed by atoms with Gasteiger partial charge in [0.05, 0.1) is 0 Å². The van der Waals surface area contributed by atoms with E-state index in [2.05, 4.69) is 15.9 Å². The minimum absolute atomic E-state index is 0.0162. The molecule has 0 rings (SSSR count). The third-order valence-electron chi connectivity index (χ3n) is 1.10. The molecule has 0 aromatic rings. The second-order valence-corrected chi connectivity index (χ2v) is 4.10. The van der Waals surface area contributed by atoms with Gasteiger partial charge in [-0.1, -0.05) is 34.5 Å². The van der Waals surface area contributed by atoms with E-state index in [0.29, 0.717) is 0 Å². The highest BCUT2D eigenvalue weighted by Gasteiger charge is 2.27. The summed E-state index contributed by atoms with van der Waals surface area (Å²) in [4.78, 5) is 19.4. The lowest BCUT2D eigenvalue weighted by Gasteiger charge is -2.13. The van der Waals surface area contributed by atoms with Crippen LogP contribution in [0.5, 0.6) is 0 Å². The van der Waals surface area contributed by atoms with E-state index < -0.39 is 21.9 Å². The van der Waals surface area contributed by atoms with Crippen LogP contribution >= 0.6 is 27.5 Å². The predicted octanol–water partition coefficient (Wildman–Crippen LogP) is 0.159. The van der Waals surface area contributed by atoms with Gasteiger partial charge >= 0.3 is 11.9 Å². The molecule has 0 spiro atoms. The molecule has 84 valence electrons. The molecule has 0 aliphatic carbocycles. The Morgan fingerprint density at radius 3 is 1.86 bits per heavy atom. The molecular formula is C6H11BrClNO5. The second-order valence-electron chi connectivity index (χ2n) is 2.22. The molecule has 6 nitrogen and oxygen atoms in total. The summed E-state index contributed by atoms with van der Waals surface area (Å²) in [6, 6.07) is 0.